The minimum absolute atomic E-state index is 0. The van der Waals surface area contributed by atoms with Crippen LogP contribution in [-0.2, 0) is 43.7 Å². The van der Waals surface area contributed by atoms with Crippen molar-refractivity contribution in [2.45, 2.75) is 0 Å². The van der Waals surface area contributed by atoms with Crippen LogP contribution in [0, 0.1) is 0 Å². The summed E-state index contributed by atoms with van der Waals surface area (Å²) >= 11 is -5.38. The second-order valence-corrected chi connectivity index (χ2v) is 5.59. The quantitative estimate of drug-likeness (QED) is 0.207. The van der Waals surface area contributed by atoms with Crippen LogP contribution in [0.25, 0.3) is 0 Å². The van der Waals surface area contributed by atoms with Crippen molar-refractivity contribution < 1.29 is 80.0 Å². The molecular formula is H2MnNaO9S2. The monoisotopic (exact) mass is 288 g/mol. The predicted octanol–water partition coefficient (Wildman–Crippen LogP) is -5.24. The van der Waals surface area contributed by atoms with Gasteiger partial charge in [0.1, 0.15) is 0 Å². The summed E-state index contributed by atoms with van der Waals surface area (Å²) in [4.78, 5) is 0. The molecule has 0 fully saturated rings. The molecule has 0 aliphatic carbocycles. The average Bonchev–Trinajstić information content (AvgIpc) is 1.55. The van der Waals surface area contributed by atoms with Gasteiger partial charge in [0.2, 0.25) is 9.15 Å². The molecule has 13 heteroatoms. The molecule has 0 heterocycles. The molecule has 0 aromatic carbocycles. The van der Waals surface area contributed by atoms with Crippen LogP contribution < -0.4 is 29.6 Å². The number of rotatable bonds is 1. The van der Waals surface area contributed by atoms with Gasteiger partial charge in [-0.2, -0.15) is 0 Å². The van der Waals surface area contributed by atoms with Crippen LogP contribution in [0.4, 0.5) is 0 Å². The molecule has 0 aromatic heterocycles. The first-order valence-electron chi connectivity index (χ1n) is 1.65. The first-order chi connectivity index (χ1) is 4.94. The Kier molecular flexibility index (Phi) is 10.8. The van der Waals surface area contributed by atoms with Crippen LogP contribution in [0.5, 0.6) is 0 Å². The fraction of sp³-hybridized carbons (Fsp3) is 0. The van der Waals surface area contributed by atoms with E-state index in [1.807, 2.05) is 0 Å². The van der Waals surface area contributed by atoms with E-state index in [0.29, 0.717) is 0 Å². The second-order valence-electron chi connectivity index (χ2n) is 1.02. The van der Waals surface area contributed by atoms with Crippen LogP contribution in [-0.4, -0.2) is 25.9 Å². The fourth-order valence-corrected chi connectivity index (χ4v) is 0. The van der Waals surface area contributed by atoms with E-state index >= 15 is 0 Å². The van der Waals surface area contributed by atoms with Gasteiger partial charge in [-0.25, -0.2) is 12.6 Å². The van der Waals surface area contributed by atoms with Crippen molar-refractivity contribution in [2.24, 2.45) is 0 Å². The Labute approximate surface area is 98.4 Å². The van der Waals surface area contributed by atoms with Crippen LogP contribution >= 0.6 is 0 Å². The molecular weight excluding hydrogens is 286 g/mol. The van der Waals surface area contributed by atoms with Crippen molar-refractivity contribution in [1.29, 1.82) is 0 Å². The standard InChI is InChI=1S/Mn.Na.H2O5S2.H2O.3O/c;;1-6(2)7(3,4)5;;;;/h;;(H,1,2)(H,3,4,5);1H2;;;/q2*+1;;;;;/p-2. The van der Waals surface area contributed by atoms with Crippen LogP contribution in [0.15, 0.2) is 0 Å². The first-order valence-corrected chi connectivity index (χ1v) is 6.65. The molecule has 0 aliphatic rings. The van der Waals surface area contributed by atoms with Crippen molar-refractivity contribution in [3.8, 4) is 0 Å². The molecule has 2 N–H and O–H groups in total. The van der Waals surface area contributed by atoms with Gasteiger partial charge in [-0.1, -0.05) is 0 Å². The molecule has 0 saturated carbocycles. The van der Waals surface area contributed by atoms with Gasteiger partial charge in [-0.3, -0.25) is 4.55 Å². The maximum atomic E-state index is 9.23. The minimum atomic E-state index is -5.38. The van der Waals surface area contributed by atoms with E-state index in [1.165, 1.54) is 0 Å². The number of hydrogen-bond donors (Lipinski definition) is 2. The van der Waals surface area contributed by atoms with E-state index in [-0.39, 0.29) is 29.6 Å². The molecule has 0 spiro atoms. The summed E-state index contributed by atoms with van der Waals surface area (Å²) in [6.45, 7) is 0. The molecule has 13 heavy (non-hydrogen) atoms. The van der Waals surface area contributed by atoms with E-state index in [2.05, 4.69) is 0 Å². The van der Waals surface area contributed by atoms with Crippen molar-refractivity contribution in [3.63, 3.8) is 0 Å². The molecule has 76 valence electrons. The van der Waals surface area contributed by atoms with Gasteiger partial charge in [-0.15, -0.1) is 0 Å². The Hall–Kier alpha value is 0.899. The Morgan fingerprint density at radius 3 is 1.31 bits per heavy atom. The topological polar surface area (TPSA) is 166 Å². The van der Waals surface area contributed by atoms with Crippen molar-refractivity contribution in [1.82, 2.24) is 0 Å². The van der Waals surface area contributed by atoms with Crippen molar-refractivity contribution >= 4 is 19.3 Å². The van der Waals surface area contributed by atoms with Gasteiger partial charge in [0, 0.05) is 0 Å². The molecule has 0 saturated heterocycles. The summed E-state index contributed by atoms with van der Waals surface area (Å²) in [6, 6.07) is 0. The zero-order valence-corrected chi connectivity index (χ0v) is 10.8. The first kappa shape index (κ1) is 19.5. The summed E-state index contributed by atoms with van der Waals surface area (Å²) in [6.07, 6.45) is 0. The molecule has 1 unspecified atom stereocenters. The van der Waals surface area contributed by atoms with E-state index < -0.39 is 32.2 Å². The van der Waals surface area contributed by atoms with Gasteiger partial charge in [0.25, 0.3) is 10.1 Å². The van der Waals surface area contributed by atoms with E-state index in [1.54, 1.807) is 0 Å². The Morgan fingerprint density at radius 1 is 1.23 bits per heavy atom. The Bertz CT molecular complexity index is 377. The van der Waals surface area contributed by atoms with Gasteiger partial charge >= 0.3 is 58.2 Å². The molecule has 0 aliphatic heterocycles. The van der Waals surface area contributed by atoms with Crippen LogP contribution in [0.2, 0.25) is 0 Å². The van der Waals surface area contributed by atoms with Gasteiger partial charge < -0.3 is 4.55 Å². The summed E-state index contributed by atoms with van der Waals surface area (Å²) in [5.74, 6) is 0. The van der Waals surface area contributed by atoms with Crippen LogP contribution in [0.3, 0.4) is 0 Å². The maximum absolute atomic E-state index is 9.23. The average molecular weight is 288 g/mol. The third-order valence-electron chi connectivity index (χ3n) is 0.175. The third kappa shape index (κ3) is 32.2. The molecule has 0 rings (SSSR count). The van der Waals surface area contributed by atoms with Crippen molar-refractivity contribution in [3.05, 3.63) is 0 Å². The molecule has 0 bridgehead atoms. The zero-order valence-electron chi connectivity index (χ0n) is 5.95. The normalized spacial score (nSPS) is 13.2. The molecule has 0 radical (unpaired) electrons. The van der Waals surface area contributed by atoms with E-state index in [9.17, 15) is 17.2 Å². The molecule has 1 atom stereocenters. The number of hydrogen-bond acceptors (Lipinski definition) is 7. The Morgan fingerprint density at radius 2 is 1.31 bits per heavy atom. The van der Waals surface area contributed by atoms with Gasteiger partial charge in [0.15, 0.2) is 0 Å². The summed E-state index contributed by atoms with van der Waals surface area (Å²) in [5.41, 5.74) is 0. The molecule has 0 aromatic rings. The summed E-state index contributed by atoms with van der Waals surface area (Å²) < 4.78 is 77.4. The predicted molar refractivity (Wildman–Crippen MR) is 24.7 cm³/mol. The van der Waals surface area contributed by atoms with Crippen molar-refractivity contribution in [2.75, 3.05) is 0 Å². The Balaban J connectivity index is -0.000000150. The fourth-order valence-electron chi connectivity index (χ4n) is 0. The zero-order chi connectivity index (χ0) is 10.6. The SMILES string of the molecule is O=S(O)S(=O)(=O)[O-].[Na+].[O]=[Mn](=[O])(=[O])[OH]. The summed E-state index contributed by atoms with van der Waals surface area (Å²) in [7, 11) is -8.23. The molecule has 9 nitrogen and oxygen atoms in total. The van der Waals surface area contributed by atoms with Gasteiger partial charge in [-0.05, 0) is 0 Å². The third-order valence-corrected chi connectivity index (χ3v) is 1.57. The summed E-state index contributed by atoms with van der Waals surface area (Å²) in [5, 5.41) is 0. The van der Waals surface area contributed by atoms with E-state index in [4.69, 9.17) is 20.2 Å². The van der Waals surface area contributed by atoms with Gasteiger partial charge in [0.05, 0.1) is 0 Å². The molecule has 0 amide bonds. The van der Waals surface area contributed by atoms with Crippen LogP contribution in [0.1, 0.15) is 0 Å². The second kappa shape index (κ2) is 7.23. The van der Waals surface area contributed by atoms with E-state index in [0.717, 1.165) is 0 Å².